The summed E-state index contributed by atoms with van der Waals surface area (Å²) >= 11 is 0. The largest absolute Gasteiger partial charge is 0.408 e. The van der Waals surface area contributed by atoms with Crippen LogP contribution >= 0.6 is 0 Å². The molecule has 158 valence electrons. The summed E-state index contributed by atoms with van der Waals surface area (Å²) in [6, 6.07) is 6.43. The molecule has 0 unspecified atom stereocenters. The van der Waals surface area contributed by atoms with Crippen molar-refractivity contribution in [3.05, 3.63) is 29.8 Å². The second kappa shape index (κ2) is 7.46. The zero-order valence-corrected chi connectivity index (χ0v) is 19.0. The van der Waals surface area contributed by atoms with Gasteiger partial charge in [0.05, 0.1) is 11.5 Å². The fraction of sp³-hybridized carbons (Fsp3) is 0.684. The van der Waals surface area contributed by atoms with Gasteiger partial charge in [0.15, 0.2) is 14.6 Å². The number of aryl methyl sites for hydroxylation is 1. The van der Waals surface area contributed by atoms with Gasteiger partial charge in [-0.15, -0.1) is 0 Å². The summed E-state index contributed by atoms with van der Waals surface area (Å²) in [4.78, 5) is 0.0804. The Hall–Kier alpha value is -0.813. The lowest BCUT2D eigenvalue weighted by molar-refractivity contribution is -0.189. The molecule has 1 aromatic carbocycles. The van der Waals surface area contributed by atoms with E-state index in [1.165, 1.54) is 12.1 Å². The molecule has 3 rings (SSSR count). The van der Waals surface area contributed by atoms with E-state index >= 15 is 0 Å². The lowest BCUT2D eigenvalue weighted by Gasteiger charge is -2.42. The van der Waals surface area contributed by atoms with Crippen molar-refractivity contribution in [2.75, 3.05) is 6.61 Å². The quantitative estimate of drug-likeness (QED) is 0.421. The summed E-state index contributed by atoms with van der Waals surface area (Å²) in [5.41, 5.74) is 0.956. The molecule has 5 atom stereocenters. The van der Waals surface area contributed by atoms with Crippen LogP contribution in [0.25, 0.3) is 0 Å². The predicted molar refractivity (Wildman–Crippen MR) is 106 cm³/mol. The molecule has 0 aromatic heterocycles. The van der Waals surface area contributed by atoms with E-state index in [9.17, 15) is 13.5 Å². The van der Waals surface area contributed by atoms with Crippen molar-refractivity contribution in [2.24, 2.45) is 0 Å². The molecule has 2 heterocycles. The molecular weight excluding hydrogens is 400 g/mol. The number of ether oxygens (including phenoxy) is 2. The SMILES string of the molecule is Cc1ccc(S(=O)(=O)OC[C@H]2O[C@H](O)[C@H]3O[C@H]3[C@@H]2O[Si](C)(C)C(C)(C)C)cc1. The third-order valence-electron chi connectivity index (χ3n) is 5.78. The summed E-state index contributed by atoms with van der Waals surface area (Å²) in [6.07, 6.45) is -3.08. The summed E-state index contributed by atoms with van der Waals surface area (Å²) in [5, 5.41) is 10.0. The van der Waals surface area contributed by atoms with Crippen molar-refractivity contribution in [3.8, 4) is 0 Å². The normalized spacial score (nSPS) is 30.8. The van der Waals surface area contributed by atoms with E-state index < -0.39 is 43.0 Å². The van der Waals surface area contributed by atoms with Gasteiger partial charge in [-0.05, 0) is 37.2 Å². The third-order valence-corrected chi connectivity index (χ3v) is 11.6. The number of aliphatic hydroxyl groups is 1. The fourth-order valence-corrected chi connectivity index (χ4v) is 5.14. The van der Waals surface area contributed by atoms with Crippen LogP contribution in [-0.4, -0.2) is 59.2 Å². The number of fused-ring (bicyclic) bond motifs is 1. The van der Waals surface area contributed by atoms with Crippen LogP contribution in [0.3, 0.4) is 0 Å². The molecule has 0 spiro atoms. The Morgan fingerprint density at radius 1 is 1.11 bits per heavy atom. The number of hydrogen-bond acceptors (Lipinski definition) is 7. The molecule has 0 saturated carbocycles. The van der Waals surface area contributed by atoms with Crippen molar-refractivity contribution in [2.45, 2.75) is 81.4 Å². The van der Waals surface area contributed by atoms with Crippen molar-refractivity contribution in [1.82, 2.24) is 0 Å². The first-order valence-electron chi connectivity index (χ1n) is 9.45. The number of epoxide rings is 1. The molecule has 2 saturated heterocycles. The van der Waals surface area contributed by atoms with Gasteiger partial charge in [0.25, 0.3) is 10.1 Å². The van der Waals surface area contributed by atoms with Crippen molar-refractivity contribution in [1.29, 1.82) is 0 Å². The summed E-state index contributed by atoms with van der Waals surface area (Å²) in [7, 11) is -6.10. The maximum atomic E-state index is 12.5. The molecule has 2 aliphatic rings. The first-order chi connectivity index (χ1) is 12.8. The van der Waals surface area contributed by atoms with E-state index in [0.29, 0.717) is 0 Å². The molecule has 7 nitrogen and oxygen atoms in total. The monoisotopic (exact) mass is 430 g/mol. The highest BCUT2D eigenvalue weighted by molar-refractivity contribution is 7.86. The van der Waals surface area contributed by atoms with Crippen molar-refractivity contribution in [3.63, 3.8) is 0 Å². The molecular formula is C19H30O7SSi. The number of benzene rings is 1. The Balaban J connectivity index is 1.73. The van der Waals surface area contributed by atoms with Gasteiger partial charge >= 0.3 is 0 Å². The van der Waals surface area contributed by atoms with Gasteiger partial charge in [0, 0.05) is 0 Å². The average molecular weight is 431 g/mol. The number of rotatable bonds is 6. The molecule has 1 N–H and O–H groups in total. The Bertz CT molecular complexity index is 801. The lowest BCUT2D eigenvalue weighted by atomic mass is 10.1. The maximum Gasteiger partial charge on any atom is 0.297 e. The van der Waals surface area contributed by atoms with Crippen LogP contribution in [0.4, 0.5) is 0 Å². The van der Waals surface area contributed by atoms with Crippen LogP contribution < -0.4 is 0 Å². The van der Waals surface area contributed by atoms with Crippen molar-refractivity contribution < 1.29 is 31.6 Å². The summed E-state index contributed by atoms with van der Waals surface area (Å²) in [6.45, 7) is 12.2. The maximum absolute atomic E-state index is 12.5. The van der Waals surface area contributed by atoms with Crippen LogP contribution in [0.1, 0.15) is 26.3 Å². The highest BCUT2D eigenvalue weighted by atomic mass is 32.2. The minimum atomic E-state index is -3.94. The predicted octanol–water partition coefficient (Wildman–Crippen LogP) is 2.58. The van der Waals surface area contributed by atoms with E-state index in [2.05, 4.69) is 33.9 Å². The Morgan fingerprint density at radius 3 is 2.29 bits per heavy atom. The van der Waals surface area contributed by atoms with Gasteiger partial charge in [-0.2, -0.15) is 8.42 Å². The van der Waals surface area contributed by atoms with Gasteiger partial charge in [-0.3, -0.25) is 4.18 Å². The van der Waals surface area contributed by atoms with Crippen LogP contribution in [-0.2, 0) is 28.2 Å². The molecule has 0 bridgehead atoms. The van der Waals surface area contributed by atoms with E-state index in [4.69, 9.17) is 18.1 Å². The first-order valence-corrected chi connectivity index (χ1v) is 13.8. The van der Waals surface area contributed by atoms with Gasteiger partial charge in [-0.1, -0.05) is 38.5 Å². The fourth-order valence-electron chi connectivity index (χ4n) is 2.90. The molecule has 1 aromatic rings. The first kappa shape index (κ1) is 21.9. The van der Waals surface area contributed by atoms with Gasteiger partial charge < -0.3 is 19.0 Å². The summed E-state index contributed by atoms with van der Waals surface area (Å²) in [5.74, 6) is 0. The Labute approximate surface area is 168 Å². The third kappa shape index (κ3) is 4.51. The molecule has 9 heteroatoms. The molecule has 28 heavy (non-hydrogen) atoms. The number of aliphatic hydroxyl groups excluding tert-OH is 1. The highest BCUT2D eigenvalue weighted by Gasteiger charge is 2.60. The van der Waals surface area contributed by atoms with E-state index in [0.717, 1.165) is 5.56 Å². The van der Waals surface area contributed by atoms with E-state index in [1.54, 1.807) is 12.1 Å². The standard InChI is InChI=1S/C19H30O7SSi/c1-12-7-9-13(10-8-12)27(21,22)23-11-14-15(16-17(25-16)18(20)24-14)26-28(5,6)19(2,3)4/h7-10,14-18,20H,11H2,1-6H3/t14-,15-,16+,17+,18+/m1/s1. The zero-order chi connectivity index (χ0) is 20.9. The molecule has 0 radical (unpaired) electrons. The van der Waals surface area contributed by atoms with Gasteiger partial charge in [0.1, 0.15) is 24.4 Å². The highest BCUT2D eigenvalue weighted by Crippen LogP contribution is 2.44. The minimum Gasteiger partial charge on any atom is -0.408 e. The van der Waals surface area contributed by atoms with Crippen LogP contribution in [0, 0.1) is 6.92 Å². The van der Waals surface area contributed by atoms with Crippen LogP contribution in [0.2, 0.25) is 18.1 Å². The molecule has 0 aliphatic carbocycles. The van der Waals surface area contributed by atoms with E-state index in [-0.39, 0.29) is 22.6 Å². The number of hydrogen-bond donors (Lipinski definition) is 1. The molecule has 2 fully saturated rings. The zero-order valence-electron chi connectivity index (χ0n) is 17.2. The smallest absolute Gasteiger partial charge is 0.297 e. The minimum absolute atomic E-state index is 0.0349. The lowest BCUT2D eigenvalue weighted by Crippen LogP contribution is -2.55. The average Bonchev–Trinajstić information content (AvgIpc) is 3.36. The van der Waals surface area contributed by atoms with Crippen molar-refractivity contribution >= 4 is 18.4 Å². The Morgan fingerprint density at radius 2 is 1.71 bits per heavy atom. The van der Waals surface area contributed by atoms with Gasteiger partial charge in [0.2, 0.25) is 0 Å². The molecule has 2 aliphatic heterocycles. The molecule has 0 amide bonds. The van der Waals surface area contributed by atoms with Crippen LogP contribution in [0.5, 0.6) is 0 Å². The topological polar surface area (TPSA) is 94.6 Å². The second-order valence-electron chi connectivity index (χ2n) is 9.02. The second-order valence-corrected chi connectivity index (χ2v) is 15.4. The van der Waals surface area contributed by atoms with Crippen LogP contribution in [0.15, 0.2) is 29.2 Å². The van der Waals surface area contributed by atoms with E-state index in [1.807, 2.05) is 6.92 Å². The Kier molecular flexibility index (Phi) is 5.83. The summed E-state index contributed by atoms with van der Waals surface area (Å²) < 4.78 is 47.9. The van der Waals surface area contributed by atoms with Gasteiger partial charge in [-0.25, -0.2) is 0 Å².